The van der Waals surface area contributed by atoms with Crippen LogP contribution in [0.2, 0.25) is 5.28 Å². The molecule has 0 unspecified atom stereocenters. The van der Waals surface area contributed by atoms with Crippen LogP contribution in [0.15, 0.2) is 60.8 Å². The quantitative estimate of drug-likeness (QED) is 0.303. The molecule has 0 aliphatic heterocycles. The number of benzene rings is 2. The van der Waals surface area contributed by atoms with Gasteiger partial charge in [0.05, 0.1) is 11.4 Å². The third kappa shape index (κ3) is 6.17. The standard InChI is InChI=1S/C26H26ClFN6O2/c1-16-5-8-19(9-6-16)34-22(14-21(33-34)26(2,3)4)31-25(35)30-15-17-13-18(28)7-10-20(17)36-23-11-12-29-24(27)32-23/h5-14H,15H2,1-4H3,(H2,30,31,35). The molecular formula is C26H26ClFN6O2. The number of aryl methyl sites for hydroxylation is 1. The van der Waals surface area contributed by atoms with Gasteiger partial charge < -0.3 is 10.1 Å². The summed E-state index contributed by atoms with van der Waals surface area (Å²) >= 11 is 5.82. The number of nitrogens with zero attached hydrogens (tertiary/aromatic N) is 4. The fraction of sp³-hybridized carbons (Fsp3) is 0.231. The van der Waals surface area contributed by atoms with E-state index in [0.717, 1.165) is 16.9 Å². The summed E-state index contributed by atoms with van der Waals surface area (Å²) in [6, 6.07) is 14.7. The summed E-state index contributed by atoms with van der Waals surface area (Å²) in [4.78, 5) is 20.6. The smallest absolute Gasteiger partial charge is 0.320 e. The summed E-state index contributed by atoms with van der Waals surface area (Å²) < 4.78 is 21.4. The Kier molecular flexibility index (Phi) is 7.21. The molecule has 2 aromatic carbocycles. The second-order valence-electron chi connectivity index (χ2n) is 9.24. The lowest BCUT2D eigenvalue weighted by Gasteiger charge is -2.14. The molecule has 0 aliphatic carbocycles. The van der Waals surface area contributed by atoms with Crippen LogP contribution in [0.5, 0.6) is 11.6 Å². The zero-order valence-electron chi connectivity index (χ0n) is 20.3. The zero-order valence-corrected chi connectivity index (χ0v) is 21.1. The second kappa shape index (κ2) is 10.3. The molecular weight excluding hydrogens is 483 g/mol. The van der Waals surface area contributed by atoms with Gasteiger partial charge in [0.15, 0.2) is 0 Å². The Morgan fingerprint density at radius 3 is 2.56 bits per heavy atom. The van der Waals surface area contributed by atoms with E-state index in [1.165, 1.54) is 30.5 Å². The van der Waals surface area contributed by atoms with Gasteiger partial charge in [0.2, 0.25) is 11.2 Å². The first-order chi connectivity index (χ1) is 17.1. The molecule has 0 bridgehead atoms. The van der Waals surface area contributed by atoms with Crippen molar-refractivity contribution in [3.8, 4) is 17.3 Å². The van der Waals surface area contributed by atoms with Gasteiger partial charge in [0.25, 0.3) is 0 Å². The van der Waals surface area contributed by atoms with Gasteiger partial charge in [0.1, 0.15) is 17.4 Å². The number of rotatable bonds is 6. The lowest BCUT2D eigenvalue weighted by molar-refractivity contribution is 0.251. The Balaban J connectivity index is 1.52. The minimum atomic E-state index is -0.482. The van der Waals surface area contributed by atoms with Crippen LogP contribution < -0.4 is 15.4 Å². The van der Waals surface area contributed by atoms with Crippen molar-refractivity contribution in [2.45, 2.75) is 39.7 Å². The van der Waals surface area contributed by atoms with Gasteiger partial charge >= 0.3 is 6.03 Å². The first kappa shape index (κ1) is 25.1. The van der Waals surface area contributed by atoms with Crippen molar-refractivity contribution >= 4 is 23.4 Å². The molecule has 0 radical (unpaired) electrons. The minimum absolute atomic E-state index is 0.00252. The third-order valence-electron chi connectivity index (χ3n) is 5.28. The predicted octanol–water partition coefficient (Wildman–Crippen LogP) is 6.17. The van der Waals surface area contributed by atoms with E-state index in [1.54, 1.807) is 4.68 Å². The van der Waals surface area contributed by atoms with Crippen molar-refractivity contribution in [3.63, 3.8) is 0 Å². The molecule has 0 fully saturated rings. The summed E-state index contributed by atoms with van der Waals surface area (Å²) in [6.07, 6.45) is 1.45. The number of hydrogen-bond donors (Lipinski definition) is 2. The number of urea groups is 1. The molecule has 0 saturated carbocycles. The molecule has 2 aromatic heterocycles. The van der Waals surface area contributed by atoms with E-state index in [1.807, 2.05) is 37.3 Å². The summed E-state index contributed by atoms with van der Waals surface area (Å²) in [5.41, 5.74) is 2.95. The molecule has 4 aromatic rings. The van der Waals surface area contributed by atoms with Gasteiger partial charge in [-0.25, -0.2) is 18.9 Å². The van der Waals surface area contributed by atoms with Crippen molar-refractivity contribution in [2.75, 3.05) is 5.32 Å². The van der Waals surface area contributed by atoms with Crippen molar-refractivity contribution < 1.29 is 13.9 Å². The SMILES string of the molecule is Cc1ccc(-n2nc(C(C)(C)C)cc2NC(=O)NCc2cc(F)ccc2Oc2ccnc(Cl)n2)cc1. The van der Waals surface area contributed by atoms with E-state index in [0.29, 0.717) is 17.1 Å². The molecule has 2 heterocycles. The van der Waals surface area contributed by atoms with Crippen LogP contribution in [-0.4, -0.2) is 25.8 Å². The van der Waals surface area contributed by atoms with Crippen LogP contribution in [0, 0.1) is 12.7 Å². The van der Waals surface area contributed by atoms with Gasteiger partial charge in [-0.3, -0.25) is 5.32 Å². The molecule has 0 aliphatic rings. The lowest BCUT2D eigenvalue weighted by Crippen LogP contribution is -2.29. The van der Waals surface area contributed by atoms with Gasteiger partial charge in [-0.1, -0.05) is 38.5 Å². The van der Waals surface area contributed by atoms with Crippen LogP contribution >= 0.6 is 11.6 Å². The molecule has 0 spiro atoms. The molecule has 2 amide bonds. The number of anilines is 1. The number of ether oxygens (including phenoxy) is 1. The topological polar surface area (TPSA) is 94.0 Å². The molecule has 4 rings (SSSR count). The van der Waals surface area contributed by atoms with Crippen molar-refractivity contribution in [2.24, 2.45) is 0 Å². The number of amides is 2. The summed E-state index contributed by atoms with van der Waals surface area (Å²) in [7, 11) is 0. The Morgan fingerprint density at radius 2 is 1.86 bits per heavy atom. The fourth-order valence-corrected chi connectivity index (χ4v) is 3.47. The monoisotopic (exact) mass is 508 g/mol. The Bertz CT molecular complexity index is 1380. The van der Waals surface area contributed by atoms with Gasteiger partial charge in [0, 0.05) is 35.9 Å². The number of halogens is 2. The van der Waals surface area contributed by atoms with E-state index in [-0.39, 0.29) is 23.1 Å². The highest BCUT2D eigenvalue weighted by atomic mass is 35.5. The normalized spacial score (nSPS) is 11.3. The maximum atomic E-state index is 14.0. The summed E-state index contributed by atoms with van der Waals surface area (Å²) in [6.45, 7) is 8.16. The molecule has 0 saturated heterocycles. The van der Waals surface area contributed by atoms with E-state index in [9.17, 15) is 9.18 Å². The van der Waals surface area contributed by atoms with Crippen molar-refractivity contribution in [1.29, 1.82) is 0 Å². The Hall–Kier alpha value is -3.98. The van der Waals surface area contributed by atoms with E-state index in [2.05, 4.69) is 41.4 Å². The third-order valence-corrected chi connectivity index (χ3v) is 5.46. The maximum absolute atomic E-state index is 14.0. The largest absolute Gasteiger partial charge is 0.439 e. The number of nitrogens with one attached hydrogen (secondary N) is 2. The molecule has 186 valence electrons. The van der Waals surface area contributed by atoms with Crippen molar-refractivity contribution in [3.05, 3.63) is 88.7 Å². The number of carbonyl (C=O) groups is 1. The highest BCUT2D eigenvalue weighted by Gasteiger charge is 2.21. The zero-order chi connectivity index (χ0) is 25.9. The van der Waals surface area contributed by atoms with Crippen LogP contribution in [0.1, 0.15) is 37.6 Å². The van der Waals surface area contributed by atoms with Gasteiger partial charge in [-0.15, -0.1) is 0 Å². The molecule has 0 atom stereocenters. The first-order valence-electron chi connectivity index (χ1n) is 11.3. The van der Waals surface area contributed by atoms with Crippen LogP contribution in [-0.2, 0) is 12.0 Å². The second-order valence-corrected chi connectivity index (χ2v) is 9.58. The molecule has 2 N–H and O–H groups in total. The summed E-state index contributed by atoms with van der Waals surface area (Å²) in [5.74, 6) is 0.565. The van der Waals surface area contributed by atoms with Gasteiger partial charge in [-0.2, -0.15) is 10.1 Å². The summed E-state index contributed by atoms with van der Waals surface area (Å²) in [5, 5.41) is 10.3. The maximum Gasteiger partial charge on any atom is 0.320 e. The number of hydrogen-bond acceptors (Lipinski definition) is 5. The number of carbonyl (C=O) groups excluding carboxylic acids is 1. The van der Waals surface area contributed by atoms with Crippen LogP contribution in [0.3, 0.4) is 0 Å². The van der Waals surface area contributed by atoms with E-state index in [4.69, 9.17) is 21.4 Å². The number of aromatic nitrogens is 4. The molecule has 10 heteroatoms. The fourth-order valence-electron chi connectivity index (χ4n) is 3.33. The molecule has 8 nitrogen and oxygen atoms in total. The van der Waals surface area contributed by atoms with E-state index >= 15 is 0 Å². The predicted molar refractivity (Wildman–Crippen MR) is 136 cm³/mol. The van der Waals surface area contributed by atoms with Crippen LogP contribution in [0.25, 0.3) is 5.69 Å². The minimum Gasteiger partial charge on any atom is -0.439 e. The highest BCUT2D eigenvalue weighted by Crippen LogP contribution is 2.27. The van der Waals surface area contributed by atoms with Crippen molar-refractivity contribution in [1.82, 2.24) is 25.1 Å². The Morgan fingerprint density at radius 1 is 1.11 bits per heavy atom. The van der Waals surface area contributed by atoms with Crippen LogP contribution in [0.4, 0.5) is 15.0 Å². The first-order valence-corrected chi connectivity index (χ1v) is 11.6. The average molecular weight is 509 g/mol. The average Bonchev–Trinajstić information content (AvgIpc) is 3.24. The Labute approximate surface area is 213 Å². The highest BCUT2D eigenvalue weighted by molar-refractivity contribution is 6.28. The van der Waals surface area contributed by atoms with Gasteiger partial charge in [-0.05, 0) is 48.9 Å². The lowest BCUT2D eigenvalue weighted by atomic mass is 9.92. The van der Waals surface area contributed by atoms with E-state index < -0.39 is 11.8 Å². The molecule has 36 heavy (non-hydrogen) atoms.